The number of carbonyl (C=O) groups excluding carboxylic acids is 1. The van der Waals surface area contributed by atoms with Gasteiger partial charge in [0.15, 0.2) is 5.82 Å². The van der Waals surface area contributed by atoms with E-state index in [1.165, 1.54) is 0 Å². The van der Waals surface area contributed by atoms with Crippen molar-refractivity contribution in [2.45, 2.75) is 19.4 Å². The van der Waals surface area contributed by atoms with Crippen LogP contribution in [0.1, 0.15) is 35.3 Å². The van der Waals surface area contributed by atoms with Crippen molar-refractivity contribution < 1.29 is 13.6 Å². The lowest BCUT2D eigenvalue weighted by Gasteiger charge is -2.18. The van der Waals surface area contributed by atoms with Crippen molar-refractivity contribution in [1.82, 2.24) is 5.32 Å². The van der Waals surface area contributed by atoms with Gasteiger partial charge < -0.3 is 11.1 Å². The Balaban J connectivity index is 2.25. The minimum absolute atomic E-state index is 0.275. The van der Waals surface area contributed by atoms with E-state index in [0.29, 0.717) is 6.42 Å². The molecule has 0 saturated heterocycles. The summed E-state index contributed by atoms with van der Waals surface area (Å²) < 4.78 is 27.1. The Kier molecular flexibility index (Phi) is 4.52. The highest BCUT2D eigenvalue weighted by Gasteiger charge is 2.19. The molecule has 0 saturated carbocycles. The van der Waals surface area contributed by atoms with E-state index < -0.39 is 17.5 Å². The third-order valence-corrected chi connectivity index (χ3v) is 3.23. The monoisotopic (exact) mass is 290 g/mol. The molecule has 0 aliphatic rings. The smallest absolute Gasteiger partial charge is 0.254 e. The van der Waals surface area contributed by atoms with Crippen molar-refractivity contribution in [3.05, 3.63) is 65.2 Å². The molecule has 110 valence electrons. The van der Waals surface area contributed by atoms with Crippen LogP contribution in [0.4, 0.5) is 14.5 Å². The van der Waals surface area contributed by atoms with Crippen LogP contribution in [0.25, 0.3) is 0 Å². The van der Waals surface area contributed by atoms with Crippen LogP contribution in [-0.2, 0) is 0 Å². The van der Waals surface area contributed by atoms with Crippen molar-refractivity contribution in [3.8, 4) is 0 Å². The van der Waals surface area contributed by atoms with Gasteiger partial charge in [-0.15, -0.1) is 0 Å². The second-order valence-electron chi connectivity index (χ2n) is 4.70. The zero-order chi connectivity index (χ0) is 15.4. The van der Waals surface area contributed by atoms with Gasteiger partial charge >= 0.3 is 0 Å². The fourth-order valence-corrected chi connectivity index (χ4v) is 2.12. The topological polar surface area (TPSA) is 55.1 Å². The molecule has 3 N–H and O–H groups in total. The van der Waals surface area contributed by atoms with Gasteiger partial charge in [0.2, 0.25) is 0 Å². The fourth-order valence-electron chi connectivity index (χ4n) is 2.12. The molecule has 0 spiro atoms. The van der Waals surface area contributed by atoms with Crippen LogP contribution in [0.3, 0.4) is 0 Å². The van der Waals surface area contributed by atoms with E-state index in [1.54, 1.807) is 0 Å². The summed E-state index contributed by atoms with van der Waals surface area (Å²) in [5.41, 5.74) is 5.47. The van der Waals surface area contributed by atoms with Crippen LogP contribution in [-0.4, -0.2) is 5.91 Å². The SMILES string of the molecule is CCC(NC(=O)c1cc(F)cc(N)c1F)c1ccccc1. The Morgan fingerprint density at radius 1 is 1.24 bits per heavy atom. The van der Waals surface area contributed by atoms with Crippen LogP contribution < -0.4 is 11.1 Å². The molecule has 2 aromatic carbocycles. The lowest BCUT2D eigenvalue weighted by molar-refractivity contribution is 0.0931. The first-order chi connectivity index (χ1) is 10.0. The molecule has 3 nitrogen and oxygen atoms in total. The van der Waals surface area contributed by atoms with Crippen LogP contribution in [0.15, 0.2) is 42.5 Å². The first-order valence-corrected chi connectivity index (χ1v) is 6.63. The summed E-state index contributed by atoms with van der Waals surface area (Å²) in [6.45, 7) is 1.90. The molecular weight excluding hydrogens is 274 g/mol. The summed E-state index contributed by atoms with van der Waals surface area (Å²) in [4.78, 5) is 12.1. The van der Waals surface area contributed by atoms with Crippen LogP contribution in [0.2, 0.25) is 0 Å². The number of rotatable bonds is 4. The van der Waals surface area contributed by atoms with E-state index >= 15 is 0 Å². The van der Waals surface area contributed by atoms with E-state index in [9.17, 15) is 13.6 Å². The molecule has 5 heteroatoms. The van der Waals surface area contributed by atoms with E-state index in [2.05, 4.69) is 5.32 Å². The minimum atomic E-state index is -0.906. The maximum absolute atomic E-state index is 13.8. The van der Waals surface area contributed by atoms with Gasteiger partial charge in [-0.05, 0) is 24.1 Å². The van der Waals surface area contributed by atoms with Gasteiger partial charge in [0, 0.05) is 0 Å². The van der Waals surface area contributed by atoms with Gasteiger partial charge in [0.05, 0.1) is 17.3 Å². The van der Waals surface area contributed by atoms with E-state index in [4.69, 9.17) is 5.73 Å². The van der Waals surface area contributed by atoms with Crippen LogP contribution >= 0.6 is 0 Å². The van der Waals surface area contributed by atoms with Crippen molar-refractivity contribution in [2.24, 2.45) is 0 Å². The Morgan fingerprint density at radius 2 is 1.90 bits per heavy atom. The number of benzene rings is 2. The van der Waals surface area contributed by atoms with E-state index in [1.807, 2.05) is 37.3 Å². The van der Waals surface area contributed by atoms with Crippen molar-refractivity contribution in [2.75, 3.05) is 5.73 Å². The predicted octanol–water partition coefficient (Wildman–Crippen LogP) is 3.43. The normalized spacial score (nSPS) is 12.0. The summed E-state index contributed by atoms with van der Waals surface area (Å²) >= 11 is 0. The molecule has 0 aliphatic heterocycles. The molecule has 0 aliphatic carbocycles. The second kappa shape index (κ2) is 6.35. The number of amides is 1. The average Bonchev–Trinajstić information content (AvgIpc) is 2.49. The number of carbonyl (C=O) groups is 1. The molecule has 0 radical (unpaired) electrons. The fraction of sp³-hybridized carbons (Fsp3) is 0.188. The Hall–Kier alpha value is -2.43. The summed E-state index contributed by atoms with van der Waals surface area (Å²) in [5, 5.41) is 2.69. The first-order valence-electron chi connectivity index (χ1n) is 6.63. The number of halogens is 2. The van der Waals surface area contributed by atoms with Crippen LogP contribution in [0, 0.1) is 11.6 Å². The molecule has 2 aromatic rings. The number of anilines is 1. The van der Waals surface area contributed by atoms with Gasteiger partial charge in [0.25, 0.3) is 5.91 Å². The van der Waals surface area contributed by atoms with Gasteiger partial charge in [-0.2, -0.15) is 0 Å². The third kappa shape index (κ3) is 3.37. The largest absolute Gasteiger partial charge is 0.396 e. The highest BCUT2D eigenvalue weighted by atomic mass is 19.1. The predicted molar refractivity (Wildman–Crippen MR) is 77.7 cm³/mol. The lowest BCUT2D eigenvalue weighted by atomic mass is 10.0. The molecule has 1 atom stereocenters. The quantitative estimate of drug-likeness (QED) is 0.848. The van der Waals surface area contributed by atoms with Crippen molar-refractivity contribution in [3.63, 3.8) is 0 Å². The van der Waals surface area contributed by atoms with Crippen molar-refractivity contribution >= 4 is 11.6 Å². The summed E-state index contributed by atoms with van der Waals surface area (Å²) in [6, 6.07) is 10.7. The summed E-state index contributed by atoms with van der Waals surface area (Å²) in [7, 11) is 0. The zero-order valence-corrected chi connectivity index (χ0v) is 11.6. The number of hydrogen-bond acceptors (Lipinski definition) is 2. The summed E-state index contributed by atoms with van der Waals surface area (Å²) in [5.74, 6) is -2.34. The number of nitrogens with two attached hydrogens (primary N) is 1. The highest BCUT2D eigenvalue weighted by molar-refractivity contribution is 5.95. The number of nitrogens with one attached hydrogen (secondary N) is 1. The maximum Gasteiger partial charge on any atom is 0.254 e. The summed E-state index contributed by atoms with van der Waals surface area (Å²) in [6.07, 6.45) is 0.627. The van der Waals surface area contributed by atoms with Crippen LogP contribution in [0.5, 0.6) is 0 Å². The molecule has 21 heavy (non-hydrogen) atoms. The highest BCUT2D eigenvalue weighted by Crippen LogP contribution is 2.20. The third-order valence-electron chi connectivity index (χ3n) is 3.23. The lowest BCUT2D eigenvalue weighted by Crippen LogP contribution is -2.29. The van der Waals surface area contributed by atoms with Gasteiger partial charge in [-0.1, -0.05) is 37.3 Å². The number of hydrogen-bond donors (Lipinski definition) is 2. The first kappa shape index (κ1) is 15.0. The van der Waals surface area contributed by atoms with Crippen molar-refractivity contribution in [1.29, 1.82) is 0 Å². The van der Waals surface area contributed by atoms with E-state index in [-0.39, 0.29) is 17.3 Å². The molecule has 0 bridgehead atoms. The molecule has 2 rings (SSSR count). The molecule has 0 heterocycles. The zero-order valence-electron chi connectivity index (χ0n) is 11.6. The molecule has 0 aromatic heterocycles. The van der Waals surface area contributed by atoms with Gasteiger partial charge in [0.1, 0.15) is 5.82 Å². The maximum atomic E-state index is 13.8. The van der Waals surface area contributed by atoms with Gasteiger partial charge in [-0.3, -0.25) is 4.79 Å². The Labute approximate surface area is 121 Å². The van der Waals surface area contributed by atoms with E-state index in [0.717, 1.165) is 17.7 Å². The minimum Gasteiger partial charge on any atom is -0.396 e. The standard InChI is InChI=1S/C16H16F2N2O/c1-2-14(10-6-4-3-5-7-10)20-16(21)12-8-11(17)9-13(19)15(12)18/h3-9,14H,2,19H2,1H3,(H,20,21). The Morgan fingerprint density at radius 3 is 2.52 bits per heavy atom. The molecule has 1 amide bonds. The Bertz CT molecular complexity index is 644. The molecule has 1 unspecified atom stereocenters. The second-order valence-corrected chi connectivity index (χ2v) is 4.70. The van der Waals surface area contributed by atoms with Gasteiger partial charge in [-0.25, -0.2) is 8.78 Å². The molecule has 0 fully saturated rings. The average molecular weight is 290 g/mol. The molecular formula is C16H16F2N2O. The number of nitrogen functional groups attached to an aromatic ring is 1.